The molecule has 1 amide bonds. The number of aryl methyl sites for hydroxylation is 2. The van der Waals surface area contributed by atoms with E-state index in [-0.39, 0.29) is 24.6 Å². The van der Waals surface area contributed by atoms with Gasteiger partial charge in [-0.3, -0.25) is 4.79 Å². The summed E-state index contributed by atoms with van der Waals surface area (Å²) in [6.07, 6.45) is 0.335. The van der Waals surface area contributed by atoms with E-state index in [1.165, 1.54) is 0 Å². The molecule has 3 aromatic rings. The van der Waals surface area contributed by atoms with Crippen LogP contribution in [-0.2, 0) is 4.79 Å². The molecule has 2 aliphatic heterocycles. The summed E-state index contributed by atoms with van der Waals surface area (Å²) < 4.78 is 11.2. The number of fused-ring (bicyclic) bond motifs is 2. The molecule has 2 aliphatic rings. The van der Waals surface area contributed by atoms with Gasteiger partial charge in [-0.15, -0.1) is 0 Å². The van der Waals surface area contributed by atoms with Gasteiger partial charge in [0.2, 0.25) is 5.91 Å². The maximum Gasteiger partial charge on any atom is 0.219 e. The highest BCUT2D eigenvalue weighted by Crippen LogP contribution is 2.37. The zero-order valence-electron chi connectivity index (χ0n) is 21.1. The van der Waals surface area contributed by atoms with Crippen LogP contribution in [0.2, 0.25) is 0 Å². The van der Waals surface area contributed by atoms with Crippen molar-refractivity contribution in [1.29, 1.82) is 0 Å². The molecule has 3 atom stereocenters. The van der Waals surface area contributed by atoms with Gasteiger partial charge in [-0.1, -0.05) is 17.3 Å². The number of benzene rings is 1. The number of carbonyl (C=O) groups is 1. The lowest BCUT2D eigenvalue weighted by molar-refractivity contribution is -0.129. The maximum atomic E-state index is 12.0. The first-order valence-electron chi connectivity index (χ1n) is 12.3. The smallest absolute Gasteiger partial charge is 0.219 e. The molecule has 10 nitrogen and oxygen atoms in total. The van der Waals surface area contributed by atoms with E-state index in [0.717, 1.165) is 41.3 Å². The van der Waals surface area contributed by atoms with Crippen molar-refractivity contribution in [2.24, 2.45) is 0 Å². The number of anilines is 1. The number of nitrogens with one attached hydrogen (secondary N) is 1. The average Bonchev–Trinajstić information content (AvgIpc) is 3.57. The van der Waals surface area contributed by atoms with E-state index in [2.05, 4.69) is 15.4 Å². The number of hydrogen-bond donors (Lipinski definition) is 2. The van der Waals surface area contributed by atoms with Crippen molar-refractivity contribution < 1.29 is 19.2 Å². The number of likely N-dealkylation sites (N-methyl/N-ethyl adjacent to an activating group) is 1. The molecule has 4 heterocycles. The molecular weight excluding hydrogens is 460 g/mol. The van der Waals surface area contributed by atoms with Crippen LogP contribution in [0, 0.1) is 13.8 Å². The Kier molecular flexibility index (Phi) is 6.63. The summed E-state index contributed by atoms with van der Waals surface area (Å²) in [6, 6.07) is 9.99. The quantitative estimate of drug-likeness (QED) is 0.488. The molecule has 0 aliphatic carbocycles. The molecule has 2 bridgehead atoms. The second-order valence-corrected chi connectivity index (χ2v) is 9.55. The number of ether oxygens (including phenoxy) is 1. The molecule has 5 rings (SSSR count). The Balaban J connectivity index is 1.50. The lowest BCUT2D eigenvalue weighted by atomic mass is 10.1. The summed E-state index contributed by atoms with van der Waals surface area (Å²) in [7, 11) is 1.79. The monoisotopic (exact) mass is 492 g/mol. The summed E-state index contributed by atoms with van der Waals surface area (Å²) in [5.41, 5.74) is 3.18. The molecule has 0 saturated carbocycles. The van der Waals surface area contributed by atoms with Crippen molar-refractivity contribution in [2.75, 3.05) is 38.2 Å². The standard InChI is InChI=1S/C26H32N6O4/c1-15-25(16(2)36-30-15)23-10-24(32-13-19-9-20(32)12-31(19)17(3)33)29-26(28-23)18-6-5-7-22(8-18)35-14-21(34)11-27-4/h5-8,10,19-21,27,34H,9,11-14H2,1-4H3/t19?,20-,21?/m0/s1. The van der Waals surface area contributed by atoms with Gasteiger partial charge in [0.1, 0.15) is 30.0 Å². The fourth-order valence-electron chi connectivity index (χ4n) is 5.23. The molecule has 1 aromatic carbocycles. The van der Waals surface area contributed by atoms with Crippen LogP contribution in [0.5, 0.6) is 5.75 Å². The van der Waals surface area contributed by atoms with Gasteiger partial charge in [-0.05, 0) is 39.4 Å². The van der Waals surface area contributed by atoms with E-state index in [1.54, 1.807) is 14.0 Å². The molecule has 2 saturated heterocycles. The first kappa shape index (κ1) is 24.2. The van der Waals surface area contributed by atoms with Gasteiger partial charge in [0.25, 0.3) is 0 Å². The Morgan fingerprint density at radius 3 is 2.75 bits per heavy atom. The molecule has 2 N–H and O–H groups in total. The van der Waals surface area contributed by atoms with Crippen LogP contribution in [0.1, 0.15) is 24.8 Å². The lowest BCUT2D eigenvalue weighted by Gasteiger charge is -2.34. The van der Waals surface area contributed by atoms with E-state index in [4.69, 9.17) is 19.2 Å². The third kappa shape index (κ3) is 4.66. The molecule has 0 radical (unpaired) electrons. The number of rotatable bonds is 8. The van der Waals surface area contributed by atoms with Gasteiger partial charge in [-0.2, -0.15) is 0 Å². The minimum absolute atomic E-state index is 0.124. The average molecular weight is 493 g/mol. The Labute approximate surface area is 210 Å². The number of likely N-dealkylation sites (tertiary alicyclic amines) is 1. The molecule has 190 valence electrons. The van der Waals surface area contributed by atoms with Crippen LogP contribution < -0.4 is 15.0 Å². The molecule has 2 unspecified atom stereocenters. The zero-order chi connectivity index (χ0) is 25.4. The first-order chi connectivity index (χ1) is 17.3. The summed E-state index contributed by atoms with van der Waals surface area (Å²) in [4.78, 5) is 26.1. The number of aromatic nitrogens is 3. The first-order valence-corrected chi connectivity index (χ1v) is 12.3. The van der Waals surface area contributed by atoms with Gasteiger partial charge in [0.15, 0.2) is 5.82 Å². The Morgan fingerprint density at radius 2 is 2.08 bits per heavy atom. The predicted octanol–water partition coefficient (Wildman–Crippen LogP) is 2.18. The van der Waals surface area contributed by atoms with Crippen LogP contribution in [0.15, 0.2) is 34.9 Å². The second kappa shape index (κ2) is 9.87. The highest BCUT2D eigenvalue weighted by molar-refractivity contribution is 5.75. The van der Waals surface area contributed by atoms with E-state index >= 15 is 0 Å². The van der Waals surface area contributed by atoms with E-state index in [0.29, 0.717) is 30.4 Å². The third-order valence-electron chi connectivity index (χ3n) is 6.92. The van der Waals surface area contributed by atoms with E-state index in [1.807, 2.05) is 49.1 Å². The van der Waals surface area contributed by atoms with E-state index in [9.17, 15) is 9.90 Å². The number of aliphatic hydroxyl groups is 1. The van der Waals surface area contributed by atoms with Crippen LogP contribution in [-0.4, -0.2) is 82.5 Å². The Hall–Kier alpha value is -3.50. The normalized spacial score (nSPS) is 19.7. The maximum absolute atomic E-state index is 12.0. The topological polar surface area (TPSA) is 117 Å². The fraction of sp³-hybridized carbons (Fsp3) is 0.462. The van der Waals surface area contributed by atoms with Gasteiger partial charge in [-0.25, -0.2) is 9.97 Å². The number of nitrogens with zero attached hydrogens (tertiary/aromatic N) is 5. The van der Waals surface area contributed by atoms with Gasteiger partial charge in [0, 0.05) is 38.2 Å². The number of carbonyl (C=O) groups excluding carboxylic acids is 1. The van der Waals surface area contributed by atoms with Gasteiger partial charge >= 0.3 is 0 Å². The molecule has 0 spiro atoms. The fourth-order valence-corrected chi connectivity index (χ4v) is 5.23. The summed E-state index contributed by atoms with van der Waals surface area (Å²) in [5, 5.41) is 17.0. The van der Waals surface area contributed by atoms with Crippen LogP contribution in [0.4, 0.5) is 5.82 Å². The molecule has 2 aromatic heterocycles. The highest BCUT2D eigenvalue weighted by Gasteiger charge is 2.45. The van der Waals surface area contributed by atoms with Crippen molar-refractivity contribution in [3.05, 3.63) is 41.8 Å². The molecule has 10 heteroatoms. The lowest BCUT2D eigenvalue weighted by Crippen LogP contribution is -2.48. The highest BCUT2D eigenvalue weighted by atomic mass is 16.5. The van der Waals surface area contributed by atoms with Crippen LogP contribution >= 0.6 is 0 Å². The van der Waals surface area contributed by atoms with Crippen molar-refractivity contribution in [2.45, 2.75) is 45.4 Å². The SMILES string of the molecule is CNCC(O)COc1cccc(-c2nc(-c3c(C)noc3C)cc(N3CC4C[C@H]3CN4C(C)=O)n2)c1. The van der Waals surface area contributed by atoms with Gasteiger partial charge < -0.3 is 29.5 Å². The summed E-state index contributed by atoms with van der Waals surface area (Å²) in [6.45, 7) is 7.50. The summed E-state index contributed by atoms with van der Waals surface area (Å²) in [5.74, 6) is 2.84. The number of hydrogen-bond acceptors (Lipinski definition) is 9. The van der Waals surface area contributed by atoms with Crippen molar-refractivity contribution in [3.8, 4) is 28.4 Å². The zero-order valence-corrected chi connectivity index (χ0v) is 21.1. The second-order valence-electron chi connectivity index (χ2n) is 9.55. The minimum atomic E-state index is -0.607. The van der Waals surface area contributed by atoms with Crippen molar-refractivity contribution in [1.82, 2.24) is 25.3 Å². The number of amides is 1. The Morgan fingerprint density at radius 1 is 1.25 bits per heavy atom. The molecule has 36 heavy (non-hydrogen) atoms. The predicted molar refractivity (Wildman–Crippen MR) is 135 cm³/mol. The Bertz CT molecular complexity index is 1240. The van der Waals surface area contributed by atoms with Gasteiger partial charge in [0.05, 0.1) is 29.0 Å². The number of aliphatic hydroxyl groups excluding tert-OH is 1. The van der Waals surface area contributed by atoms with Crippen LogP contribution in [0.25, 0.3) is 22.6 Å². The van der Waals surface area contributed by atoms with Crippen LogP contribution in [0.3, 0.4) is 0 Å². The molecule has 2 fully saturated rings. The molecular formula is C26H32N6O4. The number of piperazine rings is 1. The largest absolute Gasteiger partial charge is 0.491 e. The van der Waals surface area contributed by atoms with E-state index < -0.39 is 6.10 Å². The minimum Gasteiger partial charge on any atom is -0.491 e. The van der Waals surface area contributed by atoms with Crippen molar-refractivity contribution in [3.63, 3.8) is 0 Å². The third-order valence-corrected chi connectivity index (χ3v) is 6.92. The van der Waals surface area contributed by atoms with Crippen molar-refractivity contribution >= 4 is 11.7 Å². The summed E-state index contributed by atoms with van der Waals surface area (Å²) >= 11 is 0.